The number of nitrogens with one attached hydrogen (secondary N) is 2. The Morgan fingerprint density at radius 2 is 2.00 bits per heavy atom. The van der Waals surface area contributed by atoms with E-state index >= 15 is 0 Å². The molecule has 32 heavy (non-hydrogen) atoms. The van der Waals surface area contributed by atoms with Gasteiger partial charge in [0.25, 0.3) is 17.0 Å². The lowest BCUT2D eigenvalue weighted by atomic mass is 10.0. The van der Waals surface area contributed by atoms with E-state index in [-0.39, 0.29) is 29.8 Å². The van der Waals surface area contributed by atoms with Gasteiger partial charge in [0.05, 0.1) is 12.1 Å². The van der Waals surface area contributed by atoms with E-state index in [4.69, 9.17) is 0 Å². The van der Waals surface area contributed by atoms with Crippen LogP contribution >= 0.6 is 0 Å². The first-order valence-corrected chi connectivity index (χ1v) is 11.0. The number of carbonyl (C=O) groups is 1. The molecular formula is C21H28N6O5. The van der Waals surface area contributed by atoms with Crippen molar-refractivity contribution in [3.63, 3.8) is 0 Å². The average Bonchev–Trinajstić information content (AvgIpc) is 3.22. The summed E-state index contributed by atoms with van der Waals surface area (Å²) in [5.74, 6) is 0.0713. The molecule has 1 saturated carbocycles. The maximum Gasteiger partial charge on any atom is 0.328 e. The predicted octanol–water partition coefficient (Wildman–Crippen LogP) is -0.495. The predicted molar refractivity (Wildman–Crippen MR) is 117 cm³/mol. The summed E-state index contributed by atoms with van der Waals surface area (Å²) in [4.78, 5) is 53.1. The van der Waals surface area contributed by atoms with E-state index in [0.29, 0.717) is 18.7 Å². The zero-order chi connectivity index (χ0) is 22.8. The fourth-order valence-corrected chi connectivity index (χ4v) is 4.56. The highest BCUT2D eigenvalue weighted by atomic mass is 16.3. The molecule has 3 heterocycles. The first kappa shape index (κ1) is 22.0. The van der Waals surface area contributed by atoms with E-state index in [0.717, 1.165) is 43.0 Å². The second-order valence-electron chi connectivity index (χ2n) is 8.46. The van der Waals surface area contributed by atoms with Gasteiger partial charge in [0.2, 0.25) is 0 Å². The topological polar surface area (TPSA) is 142 Å². The van der Waals surface area contributed by atoms with Gasteiger partial charge in [-0.15, -0.1) is 0 Å². The van der Waals surface area contributed by atoms with Gasteiger partial charge < -0.3 is 20.3 Å². The van der Waals surface area contributed by atoms with E-state index in [2.05, 4.69) is 20.3 Å². The Balaban J connectivity index is 1.52. The Kier molecular flexibility index (Phi) is 6.26. The summed E-state index contributed by atoms with van der Waals surface area (Å²) in [6.07, 6.45) is 5.53. The molecule has 3 N–H and O–H groups in total. The minimum absolute atomic E-state index is 0.0636. The van der Waals surface area contributed by atoms with Gasteiger partial charge in [-0.05, 0) is 44.6 Å². The Morgan fingerprint density at radius 3 is 2.75 bits per heavy atom. The van der Waals surface area contributed by atoms with Crippen molar-refractivity contribution in [3.05, 3.63) is 55.1 Å². The van der Waals surface area contributed by atoms with Crippen LogP contribution in [-0.2, 0) is 7.05 Å². The third kappa shape index (κ3) is 4.24. The molecule has 4 rings (SSSR count). The molecule has 1 aliphatic heterocycles. The summed E-state index contributed by atoms with van der Waals surface area (Å²) in [6.45, 7) is 1.01. The molecule has 11 heteroatoms. The molecule has 11 nitrogen and oxygen atoms in total. The fourth-order valence-electron chi connectivity index (χ4n) is 4.56. The first-order chi connectivity index (χ1) is 15.4. The second-order valence-corrected chi connectivity index (χ2v) is 8.46. The molecule has 3 unspecified atom stereocenters. The lowest BCUT2D eigenvalue weighted by Crippen LogP contribution is -2.49. The van der Waals surface area contributed by atoms with Gasteiger partial charge in [0.15, 0.2) is 0 Å². The lowest BCUT2D eigenvalue weighted by molar-refractivity contribution is 0.0946. The van der Waals surface area contributed by atoms with Crippen LogP contribution in [0.4, 0.5) is 5.82 Å². The van der Waals surface area contributed by atoms with Crippen molar-refractivity contribution in [1.29, 1.82) is 0 Å². The lowest BCUT2D eigenvalue weighted by Gasteiger charge is -2.37. The van der Waals surface area contributed by atoms with Gasteiger partial charge in [-0.3, -0.25) is 19.0 Å². The number of rotatable bonds is 5. The van der Waals surface area contributed by atoms with Crippen molar-refractivity contribution in [2.24, 2.45) is 7.05 Å². The van der Waals surface area contributed by atoms with Crippen LogP contribution in [0, 0.1) is 0 Å². The molecule has 3 atom stereocenters. The summed E-state index contributed by atoms with van der Waals surface area (Å²) >= 11 is 0. The number of aromatic amines is 1. The molecule has 0 radical (unpaired) electrons. The average molecular weight is 444 g/mol. The molecule has 2 aromatic rings. The van der Waals surface area contributed by atoms with E-state index in [9.17, 15) is 24.3 Å². The molecule has 172 valence electrons. The van der Waals surface area contributed by atoms with Crippen LogP contribution in [0.1, 0.15) is 54.9 Å². The van der Waals surface area contributed by atoms with Crippen LogP contribution in [0.5, 0.6) is 0 Å². The molecule has 2 fully saturated rings. The Bertz CT molecular complexity index is 1170. The highest BCUT2D eigenvalue weighted by molar-refractivity contribution is 5.93. The maximum atomic E-state index is 12.6. The number of nitrogens with zero attached hydrogens (tertiary/aromatic N) is 4. The quantitative estimate of drug-likeness (QED) is 0.565. The summed E-state index contributed by atoms with van der Waals surface area (Å²) < 4.78 is 2.24. The highest BCUT2D eigenvalue weighted by Gasteiger charge is 2.30. The largest absolute Gasteiger partial charge is 0.391 e. The number of aliphatic hydroxyl groups excluding tert-OH is 1. The number of anilines is 1. The van der Waals surface area contributed by atoms with Gasteiger partial charge in [0.1, 0.15) is 11.4 Å². The third-order valence-electron chi connectivity index (χ3n) is 6.41. The summed E-state index contributed by atoms with van der Waals surface area (Å²) in [5.41, 5.74) is -1.61. The van der Waals surface area contributed by atoms with Crippen molar-refractivity contribution in [2.75, 3.05) is 18.0 Å². The Labute approximate surface area is 183 Å². The van der Waals surface area contributed by atoms with E-state index < -0.39 is 23.3 Å². The number of H-pyrrole nitrogens is 1. The first-order valence-electron chi connectivity index (χ1n) is 11.0. The molecule has 2 aliphatic rings. The summed E-state index contributed by atoms with van der Waals surface area (Å²) in [5, 5.41) is 17.6. The van der Waals surface area contributed by atoms with Gasteiger partial charge in [-0.1, -0.05) is 0 Å². The van der Waals surface area contributed by atoms with Crippen LogP contribution in [0.15, 0.2) is 32.7 Å². The van der Waals surface area contributed by atoms with Gasteiger partial charge in [0, 0.05) is 38.4 Å². The fraction of sp³-hybridized carbons (Fsp3) is 0.571. The highest BCUT2D eigenvalue weighted by Crippen LogP contribution is 2.29. The number of aliphatic hydroxyl groups is 1. The molecule has 1 saturated heterocycles. The normalized spacial score (nSPS) is 23.3. The zero-order valence-electron chi connectivity index (χ0n) is 18.0. The molecule has 0 bridgehead atoms. The third-order valence-corrected chi connectivity index (χ3v) is 6.41. The number of aromatic nitrogens is 4. The monoisotopic (exact) mass is 444 g/mol. The van der Waals surface area contributed by atoms with Gasteiger partial charge in [-0.25, -0.2) is 9.48 Å². The smallest absolute Gasteiger partial charge is 0.328 e. The van der Waals surface area contributed by atoms with Crippen molar-refractivity contribution < 1.29 is 9.90 Å². The van der Waals surface area contributed by atoms with Crippen molar-refractivity contribution in [1.82, 2.24) is 24.6 Å². The van der Waals surface area contributed by atoms with E-state index in [1.807, 2.05) is 0 Å². The van der Waals surface area contributed by atoms with Crippen LogP contribution in [0.25, 0.3) is 0 Å². The minimum Gasteiger partial charge on any atom is -0.391 e. The van der Waals surface area contributed by atoms with Crippen LogP contribution < -0.4 is 27.0 Å². The number of piperidine rings is 1. The van der Waals surface area contributed by atoms with E-state index in [1.54, 1.807) is 6.07 Å². The summed E-state index contributed by atoms with van der Waals surface area (Å²) in [6, 6.07) is 2.77. The molecule has 2 aromatic heterocycles. The zero-order valence-corrected chi connectivity index (χ0v) is 18.0. The number of hydrogen-bond donors (Lipinski definition) is 3. The molecule has 0 spiro atoms. The number of amides is 1. The summed E-state index contributed by atoms with van der Waals surface area (Å²) in [7, 11) is 1.31. The van der Waals surface area contributed by atoms with E-state index in [1.165, 1.54) is 17.8 Å². The number of carbonyl (C=O) groups excluding carboxylic acids is 1. The van der Waals surface area contributed by atoms with Crippen LogP contribution in [0.2, 0.25) is 0 Å². The standard InChI is InChI=1S/C21H28N6O5/c1-25-20(31)14(12-23-21(25)32)19(30)22-11-13-5-2-3-10-26(13)17-8-9-18(29)27(24-17)15-6-4-7-16(15)28/h8-9,12-13,15-16,28H,2-7,10-11H2,1H3,(H,22,30)(H,23,32). The van der Waals surface area contributed by atoms with Crippen molar-refractivity contribution in [2.45, 2.75) is 56.7 Å². The molecule has 1 amide bonds. The van der Waals surface area contributed by atoms with Crippen molar-refractivity contribution >= 4 is 11.7 Å². The molecule has 0 aromatic carbocycles. The minimum atomic E-state index is -0.657. The Morgan fingerprint density at radius 1 is 1.19 bits per heavy atom. The van der Waals surface area contributed by atoms with Crippen LogP contribution in [0.3, 0.4) is 0 Å². The van der Waals surface area contributed by atoms with Gasteiger partial charge in [-0.2, -0.15) is 5.10 Å². The second kappa shape index (κ2) is 9.11. The molecular weight excluding hydrogens is 416 g/mol. The van der Waals surface area contributed by atoms with Gasteiger partial charge >= 0.3 is 5.69 Å². The SMILES string of the molecule is Cn1c(=O)[nH]cc(C(=O)NCC2CCCCN2c2ccc(=O)n(C3CCCC3O)n2)c1=O. The molecule has 1 aliphatic carbocycles. The Hall–Kier alpha value is -3.21. The number of hydrogen-bond acceptors (Lipinski definition) is 7. The van der Waals surface area contributed by atoms with Crippen LogP contribution in [-0.4, -0.2) is 55.6 Å². The maximum absolute atomic E-state index is 12.6. The van der Waals surface area contributed by atoms with Crippen molar-refractivity contribution in [3.8, 4) is 0 Å².